The minimum atomic E-state index is 0.146. The van der Waals surface area contributed by atoms with Gasteiger partial charge in [-0.05, 0) is 30.4 Å². The molecule has 0 spiro atoms. The third kappa shape index (κ3) is 1.91. The van der Waals surface area contributed by atoms with E-state index in [4.69, 9.17) is 5.73 Å². The Morgan fingerprint density at radius 3 is 3.00 bits per heavy atom. The van der Waals surface area contributed by atoms with E-state index in [9.17, 15) is 0 Å². The van der Waals surface area contributed by atoms with Crippen LogP contribution in [0.15, 0.2) is 24.1 Å². The summed E-state index contributed by atoms with van der Waals surface area (Å²) in [6.07, 6.45) is 2.73. The zero-order chi connectivity index (χ0) is 8.27. The van der Waals surface area contributed by atoms with Crippen LogP contribution >= 0.6 is 11.3 Å². The van der Waals surface area contributed by atoms with E-state index in [0.29, 0.717) is 0 Å². The largest absolute Gasteiger partial charge is 0.323 e. The molecule has 0 aliphatic carbocycles. The first-order valence-corrected chi connectivity index (χ1v) is 4.54. The zero-order valence-corrected chi connectivity index (χ0v) is 7.53. The van der Waals surface area contributed by atoms with Gasteiger partial charge in [0.2, 0.25) is 0 Å². The fourth-order valence-electron chi connectivity index (χ4n) is 1.05. The molecule has 1 heterocycles. The van der Waals surface area contributed by atoms with Crippen LogP contribution in [0.3, 0.4) is 0 Å². The second kappa shape index (κ2) is 3.69. The molecule has 60 valence electrons. The van der Waals surface area contributed by atoms with E-state index in [1.54, 1.807) is 11.3 Å². The van der Waals surface area contributed by atoms with Gasteiger partial charge in [-0.25, -0.2) is 0 Å². The first-order chi connectivity index (χ1) is 5.25. The Morgan fingerprint density at radius 2 is 2.55 bits per heavy atom. The highest BCUT2D eigenvalue weighted by molar-refractivity contribution is 7.10. The Hall–Kier alpha value is -0.600. The quantitative estimate of drug-likeness (QED) is 0.688. The van der Waals surface area contributed by atoms with Crippen LogP contribution in [0.5, 0.6) is 0 Å². The molecule has 0 aliphatic rings. The van der Waals surface area contributed by atoms with Crippen molar-refractivity contribution in [3.63, 3.8) is 0 Å². The molecule has 0 bridgehead atoms. The van der Waals surface area contributed by atoms with Crippen LogP contribution in [0.1, 0.15) is 22.9 Å². The summed E-state index contributed by atoms with van der Waals surface area (Å²) in [6.45, 7) is 5.76. The number of hydrogen-bond acceptors (Lipinski definition) is 2. The lowest BCUT2D eigenvalue weighted by molar-refractivity contribution is 0.753. The van der Waals surface area contributed by atoms with E-state index in [2.05, 4.69) is 24.9 Å². The van der Waals surface area contributed by atoms with Crippen molar-refractivity contribution >= 4 is 11.3 Å². The minimum absolute atomic E-state index is 0.146. The second-order valence-corrected chi connectivity index (χ2v) is 3.55. The van der Waals surface area contributed by atoms with E-state index in [0.717, 1.165) is 6.42 Å². The highest BCUT2D eigenvalue weighted by Crippen LogP contribution is 2.24. The molecule has 0 amide bonds. The maximum absolute atomic E-state index is 5.89. The van der Waals surface area contributed by atoms with Crippen molar-refractivity contribution in [2.45, 2.75) is 19.4 Å². The third-order valence-electron chi connectivity index (χ3n) is 1.66. The van der Waals surface area contributed by atoms with E-state index in [-0.39, 0.29) is 6.04 Å². The molecular weight excluding hydrogens is 154 g/mol. The lowest BCUT2D eigenvalue weighted by Gasteiger charge is -2.06. The van der Waals surface area contributed by atoms with Crippen molar-refractivity contribution in [1.82, 2.24) is 0 Å². The normalized spacial score (nSPS) is 12.9. The predicted molar refractivity (Wildman–Crippen MR) is 50.8 cm³/mol. The van der Waals surface area contributed by atoms with Gasteiger partial charge in [0.1, 0.15) is 0 Å². The highest BCUT2D eigenvalue weighted by Gasteiger charge is 2.07. The van der Waals surface area contributed by atoms with Gasteiger partial charge in [-0.15, -0.1) is 17.9 Å². The van der Waals surface area contributed by atoms with E-state index >= 15 is 0 Å². The van der Waals surface area contributed by atoms with Crippen LogP contribution < -0.4 is 5.73 Å². The van der Waals surface area contributed by atoms with Gasteiger partial charge < -0.3 is 5.73 Å². The van der Waals surface area contributed by atoms with Crippen LogP contribution in [-0.4, -0.2) is 0 Å². The molecule has 1 nitrogen and oxygen atoms in total. The van der Waals surface area contributed by atoms with Gasteiger partial charge in [0.25, 0.3) is 0 Å². The zero-order valence-electron chi connectivity index (χ0n) is 6.71. The molecule has 2 heteroatoms. The number of hydrogen-bond donors (Lipinski definition) is 1. The lowest BCUT2D eigenvalue weighted by Crippen LogP contribution is -2.07. The second-order valence-electron chi connectivity index (χ2n) is 2.60. The molecule has 1 unspecified atom stereocenters. The van der Waals surface area contributed by atoms with Crippen LogP contribution in [-0.2, 0) is 0 Å². The highest BCUT2D eigenvalue weighted by atomic mass is 32.1. The van der Waals surface area contributed by atoms with Crippen LogP contribution in [0.25, 0.3) is 0 Å². The standard InChI is InChI=1S/C9H13NS/c1-3-4-8(10)9-7(2)5-6-11-9/h3,5-6,8H,1,4,10H2,2H3. The first kappa shape index (κ1) is 8.50. The van der Waals surface area contributed by atoms with Gasteiger partial charge in [-0.2, -0.15) is 0 Å². The molecule has 0 aromatic carbocycles. The summed E-state index contributed by atoms with van der Waals surface area (Å²) < 4.78 is 0. The molecule has 0 aliphatic heterocycles. The summed E-state index contributed by atoms with van der Waals surface area (Å²) in [5.74, 6) is 0. The van der Waals surface area contributed by atoms with Crippen molar-refractivity contribution in [2.75, 3.05) is 0 Å². The molecule has 1 atom stereocenters. The summed E-state index contributed by atoms with van der Waals surface area (Å²) in [4.78, 5) is 1.28. The number of aryl methyl sites for hydroxylation is 1. The Labute approximate surface area is 71.5 Å². The molecule has 11 heavy (non-hydrogen) atoms. The van der Waals surface area contributed by atoms with Gasteiger partial charge in [-0.1, -0.05) is 6.08 Å². The topological polar surface area (TPSA) is 26.0 Å². The van der Waals surface area contributed by atoms with Gasteiger partial charge in [-0.3, -0.25) is 0 Å². The molecule has 0 saturated carbocycles. The van der Waals surface area contributed by atoms with Gasteiger partial charge in [0.15, 0.2) is 0 Å². The summed E-state index contributed by atoms with van der Waals surface area (Å²) in [5.41, 5.74) is 7.19. The molecular formula is C9H13NS. The average molecular weight is 167 g/mol. The van der Waals surface area contributed by atoms with E-state index < -0.39 is 0 Å². The molecule has 1 aromatic heterocycles. The SMILES string of the molecule is C=CCC(N)c1sccc1C. The fraction of sp³-hybridized carbons (Fsp3) is 0.333. The summed E-state index contributed by atoms with van der Waals surface area (Å²) in [7, 11) is 0. The van der Waals surface area contributed by atoms with Gasteiger partial charge >= 0.3 is 0 Å². The Balaban J connectivity index is 2.74. The molecule has 0 saturated heterocycles. The third-order valence-corrected chi connectivity index (χ3v) is 2.81. The van der Waals surface area contributed by atoms with E-state index in [1.807, 2.05) is 6.08 Å². The van der Waals surface area contributed by atoms with E-state index in [1.165, 1.54) is 10.4 Å². The van der Waals surface area contributed by atoms with Crippen LogP contribution in [0.2, 0.25) is 0 Å². The Bertz CT molecular complexity index is 239. The fourth-order valence-corrected chi connectivity index (χ4v) is 1.99. The van der Waals surface area contributed by atoms with Crippen LogP contribution in [0.4, 0.5) is 0 Å². The molecule has 1 aromatic rings. The van der Waals surface area contributed by atoms with Crippen LogP contribution in [0, 0.1) is 6.92 Å². The van der Waals surface area contributed by atoms with Crippen molar-refractivity contribution in [3.05, 3.63) is 34.5 Å². The van der Waals surface area contributed by atoms with Crippen molar-refractivity contribution in [1.29, 1.82) is 0 Å². The molecule has 1 rings (SSSR count). The number of rotatable bonds is 3. The number of thiophene rings is 1. The van der Waals surface area contributed by atoms with Gasteiger partial charge in [0, 0.05) is 10.9 Å². The average Bonchev–Trinajstić information content (AvgIpc) is 2.36. The molecule has 0 fully saturated rings. The summed E-state index contributed by atoms with van der Waals surface area (Å²) in [5, 5.41) is 2.08. The lowest BCUT2D eigenvalue weighted by atomic mass is 10.1. The Morgan fingerprint density at radius 1 is 1.82 bits per heavy atom. The smallest absolute Gasteiger partial charge is 0.0427 e. The van der Waals surface area contributed by atoms with Crippen molar-refractivity contribution < 1.29 is 0 Å². The van der Waals surface area contributed by atoms with Crippen molar-refractivity contribution in [2.24, 2.45) is 5.73 Å². The maximum Gasteiger partial charge on any atom is 0.0427 e. The number of nitrogens with two attached hydrogens (primary N) is 1. The maximum atomic E-state index is 5.89. The van der Waals surface area contributed by atoms with Crippen molar-refractivity contribution in [3.8, 4) is 0 Å². The monoisotopic (exact) mass is 167 g/mol. The summed E-state index contributed by atoms with van der Waals surface area (Å²) >= 11 is 1.72. The van der Waals surface area contributed by atoms with Gasteiger partial charge in [0.05, 0.1) is 0 Å². The predicted octanol–water partition coefficient (Wildman–Crippen LogP) is 2.63. The summed E-state index contributed by atoms with van der Waals surface area (Å²) in [6, 6.07) is 2.25. The first-order valence-electron chi connectivity index (χ1n) is 3.66. The Kier molecular flexibility index (Phi) is 2.85. The molecule has 2 N–H and O–H groups in total. The molecule has 0 radical (unpaired) electrons. The minimum Gasteiger partial charge on any atom is -0.323 e.